The Morgan fingerprint density at radius 2 is 2.40 bits per heavy atom. The Hall–Kier alpha value is -1.62. The average molecular weight is 280 g/mol. The van der Waals surface area contributed by atoms with Gasteiger partial charge in [0.1, 0.15) is 5.82 Å². The van der Waals surface area contributed by atoms with E-state index < -0.39 is 0 Å². The van der Waals surface area contributed by atoms with E-state index >= 15 is 0 Å². The first-order valence-electron chi connectivity index (χ1n) is 6.98. The summed E-state index contributed by atoms with van der Waals surface area (Å²) in [6, 6.07) is 6.69. The molecule has 1 aliphatic heterocycles. The second-order valence-corrected chi connectivity index (χ2v) is 5.05. The van der Waals surface area contributed by atoms with E-state index in [0.717, 1.165) is 24.9 Å². The van der Waals surface area contributed by atoms with Gasteiger partial charge in [-0.3, -0.25) is 0 Å². The van der Waals surface area contributed by atoms with Crippen LogP contribution < -0.4 is 5.32 Å². The lowest BCUT2D eigenvalue weighted by molar-refractivity contribution is 0.176. The molecule has 0 spiro atoms. The number of carbonyl (C=O) groups excluding carboxylic acids is 1. The summed E-state index contributed by atoms with van der Waals surface area (Å²) < 4.78 is 18.1. The van der Waals surface area contributed by atoms with Gasteiger partial charge in [0.15, 0.2) is 0 Å². The number of hydrogen-bond donors (Lipinski definition) is 1. The molecule has 110 valence electrons. The van der Waals surface area contributed by atoms with Crippen LogP contribution in [0.3, 0.4) is 0 Å². The second-order valence-electron chi connectivity index (χ2n) is 5.05. The monoisotopic (exact) mass is 280 g/mol. The first-order valence-corrected chi connectivity index (χ1v) is 6.98. The molecule has 1 aromatic carbocycles. The van der Waals surface area contributed by atoms with E-state index in [9.17, 15) is 9.18 Å². The van der Waals surface area contributed by atoms with Crippen molar-refractivity contribution in [3.8, 4) is 0 Å². The summed E-state index contributed by atoms with van der Waals surface area (Å²) in [5.74, 6) is -0.225. The van der Waals surface area contributed by atoms with Crippen molar-refractivity contribution >= 4 is 6.03 Å². The van der Waals surface area contributed by atoms with Crippen molar-refractivity contribution in [1.82, 2.24) is 10.2 Å². The Labute approximate surface area is 118 Å². The maximum atomic E-state index is 13.2. The van der Waals surface area contributed by atoms with Crippen LogP contribution in [0.5, 0.6) is 0 Å². The highest BCUT2D eigenvalue weighted by atomic mass is 19.1. The number of benzene rings is 1. The smallest absolute Gasteiger partial charge is 0.317 e. The summed E-state index contributed by atoms with van der Waals surface area (Å²) in [4.78, 5) is 13.9. The number of methoxy groups -OCH3 is 1. The van der Waals surface area contributed by atoms with Gasteiger partial charge in [-0.1, -0.05) is 12.1 Å². The van der Waals surface area contributed by atoms with Gasteiger partial charge in [-0.15, -0.1) is 0 Å². The van der Waals surface area contributed by atoms with Crippen LogP contribution in [0.2, 0.25) is 0 Å². The molecule has 4 nitrogen and oxygen atoms in total. The predicted molar refractivity (Wildman–Crippen MR) is 75.1 cm³/mol. The third-order valence-electron chi connectivity index (χ3n) is 3.58. The van der Waals surface area contributed by atoms with Crippen molar-refractivity contribution < 1.29 is 13.9 Å². The Morgan fingerprint density at radius 1 is 1.55 bits per heavy atom. The molecule has 1 aromatic rings. The normalized spacial score (nSPS) is 18.3. The summed E-state index contributed by atoms with van der Waals surface area (Å²) in [6.07, 6.45) is 2.67. The molecule has 0 aliphatic carbocycles. The molecule has 20 heavy (non-hydrogen) atoms. The molecule has 0 bridgehead atoms. The fourth-order valence-electron chi connectivity index (χ4n) is 2.61. The van der Waals surface area contributed by atoms with E-state index in [1.165, 1.54) is 6.07 Å². The van der Waals surface area contributed by atoms with Crippen LogP contribution in [0, 0.1) is 5.82 Å². The largest absolute Gasteiger partial charge is 0.383 e. The van der Waals surface area contributed by atoms with Crippen LogP contribution in [0.25, 0.3) is 0 Å². The fraction of sp³-hybridized carbons (Fsp3) is 0.533. The Balaban J connectivity index is 1.91. The molecule has 2 rings (SSSR count). The zero-order chi connectivity index (χ0) is 14.4. The van der Waals surface area contributed by atoms with Crippen LogP contribution in [0.4, 0.5) is 9.18 Å². The number of rotatable bonds is 5. The van der Waals surface area contributed by atoms with Gasteiger partial charge in [0.25, 0.3) is 0 Å². The number of hydrogen-bond acceptors (Lipinski definition) is 2. The van der Waals surface area contributed by atoms with Crippen LogP contribution >= 0.6 is 0 Å². The SMILES string of the molecule is COCCNC(=O)N1CCC[C@@H]1Cc1cccc(F)c1. The van der Waals surface area contributed by atoms with Crippen LogP contribution in [-0.4, -0.2) is 43.8 Å². The minimum Gasteiger partial charge on any atom is -0.383 e. The maximum Gasteiger partial charge on any atom is 0.317 e. The summed E-state index contributed by atoms with van der Waals surface area (Å²) in [5.41, 5.74) is 0.937. The molecule has 1 saturated heterocycles. The zero-order valence-electron chi connectivity index (χ0n) is 11.8. The number of nitrogens with zero attached hydrogens (tertiary/aromatic N) is 1. The van der Waals surface area contributed by atoms with Crippen molar-refractivity contribution in [3.05, 3.63) is 35.6 Å². The summed E-state index contributed by atoms with van der Waals surface area (Å²) in [5, 5.41) is 2.84. The van der Waals surface area contributed by atoms with Gasteiger partial charge in [-0.2, -0.15) is 0 Å². The van der Waals surface area contributed by atoms with E-state index in [4.69, 9.17) is 4.74 Å². The third kappa shape index (κ3) is 3.93. The molecule has 0 saturated carbocycles. The molecule has 0 unspecified atom stereocenters. The fourth-order valence-corrected chi connectivity index (χ4v) is 2.61. The highest BCUT2D eigenvalue weighted by Crippen LogP contribution is 2.21. The van der Waals surface area contributed by atoms with Gasteiger partial charge < -0.3 is 15.0 Å². The molecule has 5 heteroatoms. The highest BCUT2D eigenvalue weighted by molar-refractivity contribution is 5.74. The standard InChI is InChI=1S/C15H21FN2O2/c1-20-9-7-17-15(19)18-8-3-6-14(18)11-12-4-2-5-13(16)10-12/h2,4-5,10,14H,3,6-9,11H2,1H3,(H,17,19)/t14-/m1/s1. The van der Waals surface area contributed by atoms with E-state index in [0.29, 0.717) is 19.6 Å². The minimum absolute atomic E-state index is 0.0547. The summed E-state index contributed by atoms with van der Waals surface area (Å²) >= 11 is 0. The molecule has 1 aliphatic rings. The number of ether oxygens (including phenoxy) is 1. The number of likely N-dealkylation sites (tertiary alicyclic amines) is 1. The van der Waals surface area contributed by atoms with Gasteiger partial charge >= 0.3 is 6.03 Å². The van der Waals surface area contributed by atoms with Crippen molar-refractivity contribution in [2.24, 2.45) is 0 Å². The van der Waals surface area contributed by atoms with Gasteiger partial charge in [0.05, 0.1) is 6.61 Å². The minimum atomic E-state index is -0.225. The Bertz CT molecular complexity index is 453. The molecule has 1 N–H and O–H groups in total. The van der Waals surface area contributed by atoms with Crippen LogP contribution in [0.1, 0.15) is 18.4 Å². The molecular weight excluding hydrogens is 259 g/mol. The van der Waals surface area contributed by atoms with Crippen LogP contribution in [-0.2, 0) is 11.2 Å². The van der Waals surface area contributed by atoms with Gasteiger partial charge in [0.2, 0.25) is 0 Å². The third-order valence-corrected chi connectivity index (χ3v) is 3.58. The second kappa shape index (κ2) is 7.24. The van der Waals surface area contributed by atoms with E-state index in [1.54, 1.807) is 19.2 Å². The lowest BCUT2D eigenvalue weighted by Crippen LogP contribution is -2.44. The highest BCUT2D eigenvalue weighted by Gasteiger charge is 2.28. The average Bonchev–Trinajstić information content (AvgIpc) is 2.87. The number of nitrogens with one attached hydrogen (secondary N) is 1. The molecule has 0 radical (unpaired) electrons. The molecule has 0 aromatic heterocycles. The van der Waals surface area contributed by atoms with E-state index in [1.807, 2.05) is 11.0 Å². The predicted octanol–water partition coefficient (Wildman–Crippen LogP) is 2.19. The molecule has 1 atom stereocenters. The molecule has 2 amide bonds. The number of urea groups is 1. The molecule has 1 heterocycles. The summed E-state index contributed by atoms with van der Waals surface area (Å²) in [7, 11) is 1.61. The number of carbonyl (C=O) groups is 1. The Kier molecular flexibility index (Phi) is 5.35. The Morgan fingerprint density at radius 3 is 3.15 bits per heavy atom. The van der Waals surface area contributed by atoms with Crippen LogP contribution in [0.15, 0.2) is 24.3 Å². The van der Waals surface area contributed by atoms with Gasteiger partial charge in [0, 0.05) is 26.2 Å². The van der Waals surface area contributed by atoms with Crippen molar-refractivity contribution in [2.45, 2.75) is 25.3 Å². The van der Waals surface area contributed by atoms with E-state index in [2.05, 4.69) is 5.32 Å². The maximum absolute atomic E-state index is 13.2. The molecule has 1 fully saturated rings. The van der Waals surface area contributed by atoms with Crippen molar-refractivity contribution in [1.29, 1.82) is 0 Å². The first kappa shape index (κ1) is 14.8. The first-order chi connectivity index (χ1) is 9.70. The van der Waals surface area contributed by atoms with Gasteiger partial charge in [-0.25, -0.2) is 9.18 Å². The van der Waals surface area contributed by atoms with Crippen molar-refractivity contribution in [3.63, 3.8) is 0 Å². The number of halogens is 1. The quantitative estimate of drug-likeness (QED) is 0.840. The van der Waals surface area contributed by atoms with Crippen molar-refractivity contribution in [2.75, 3.05) is 26.8 Å². The topological polar surface area (TPSA) is 41.6 Å². The lowest BCUT2D eigenvalue weighted by Gasteiger charge is -2.25. The number of amides is 2. The molecular formula is C15H21FN2O2. The van der Waals surface area contributed by atoms with Gasteiger partial charge in [-0.05, 0) is 37.0 Å². The van der Waals surface area contributed by atoms with E-state index in [-0.39, 0.29) is 17.9 Å². The lowest BCUT2D eigenvalue weighted by atomic mass is 10.0. The zero-order valence-corrected chi connectivity index (χ0v) is 11.8. The summed E-state index contributed by atoms with van der Waals surface area (Å²) in [6.45, 7) is 1.78.